The fourth-order valence-corrected chi connectivity index (χ4v) is 3.54. The molecule has 0 bridgehead atoms. The number of para-hydroxylation sites is 1. The van der Waals surface area contributed by atoms with Crippen LogP contribution in [0, 0.1) is 0 Å². The Morgan fingerprint density at radius 3 is 2.67 bits per heavy atom. The molecule has 0 saturated carbocycles. The van der Waals surface area contributed by atoms with Gasteiger partial charge in [-0.2, -0.15) is 5.10 Å². The molecule has 1 atom stereocenters. The average molecular weight is 444 g/mol. The van der Waals surface area contributed by atoms with Crippen LogP contribution in [0.25, 0.3) is 10.9 Å². The smallest absolute Gasteiger partial charge is 0.335 e. The average Bonchev–Trinajstić information content (AvgIpc) is 3.50. The molecule has 2 heterocycles. The second kappa shape index (κ2) is 10.8. The van der Waals surface area contributed by atoms with Gasteiger partial charge in [-0.25, -0.2) is 10.2 Å². The third-order valence-electron chi connectivity index (χ3n) is 5.18. The van der Waals surface area contributed by atoms with Crippen molar-refractivity contribution in [3.05, 3.63) is 96.1 Å². The zero-order valence-electron chi connectivity index (χ0n) is 18.0. The number of carbonyl (C=O) groups is 2. The number of fused-ring (bicyclic) bond motifs is 1. The maximum Gasteiger partial charge on any atom is 0.335 e. The third-order valence-corrected chi connectivity index (χ3v) is 5.18. The van der Waals surface area contributed by atoms with E-state index in [0.29, 0.717) is 25.1 Å². The number of rotatable bonds is 9. The molecule has 0 aliphatic carbocycles. The molecule has 0 radical (unpaired) electrons. The molecule has 33 heavy (non-hydrogen) atoms. The monoisotopic (exact) mass is 443 g/mol. The summed E-state index contributed by atoms with van der Waals surface area (Å²) in [6, 6.07) is 19.8. The number of urea groups is 1. The van der Waals surface area contributed by atoms with Gasteiger partial charge in [0.1, 0.15) is 11.8 Å². The number of furan rings is 1. The Balaban J connectivity index is 1.41. The highest BCUT2D eigenvalue weighted by Gasteiger charge is 2.22. The molecule has 0 aliphatic rings. The van der Waals surface area contributed by atoms with Crippen LogP contribution in [0.2, 0.25) is 0 Å². The minimum absolute atomic E-state index is 0.263. The number of amides is 3. The lowest BCUT2D eigenvalue weighted by Gasteiger charge is -2.18. The Bertz CT molecular complexity index is 1220. The van der Waals surface area contributed by atoms with Gasteiger partial charge in [-0.1, -0.05) is 48.5 Å². The SMILES string of the molecule is O=C(N/N=C/c1ccco1)NC(Cc1c[nH]c2ccccc12)C(=O)NCCc1ccccc1. The number of benzene rings is 2. The lowest BCUT2D eigenvalue weighted by atomic mass is 10.0. The minimum atomic E-state index is -0.779. The number of carbonyl (C=O) groups excluding carboxylic acids is 2. The molecule has 3 amide bonds. The Morgan fingerprint density at radius 1 is 1.03 bits per heavy atom. The van der Waals surface area contributed by atoms with E-state index in [4.69, 9.17) is 4.42 Å². The van der Waals surface area contributed by atoms with Gasteiger partial charge in [0, 0.05) is 30.1 Å². The number of hydrazone groups is 1. The summed E-state index contributed by atoms with van der Waals surface area (Å²) < 4.78 is 5.14. The van der Waals surface area contributed by atoms with Crippen molar-refractivity contribution in [2.24, 2.45) is 5.10 Å². The molecule has 0 saturated heterocycles. The van der Waals surface area contributed by atoms with Gasteiger partial charge >= 0.3 is 6.03 Å². The second-order valence-corrected chi connectivity index (χ2v) is 7.50. The molecule has 4 rings (SSSR count). The molecule has 4 N–H and O–H groups in total. The first kappa shape index (κ1) is 21.9. The first-order valence-electron chi connectivity index (χ1n) is 10.7. The van der Waals surface area contributed by atoms with E-state index in [-0.39, 0.29) is 5.91 Å². The largest absolute Gasteiger partial charge is 0.463 e. The van der Waals surface area contributed by atoms with E-state index in [0.717, 1.165) is 22.0 Å². The molecule has 8 heteroatoms. The summed E-state index contributed by atoms with van der Waals surface area (Å²) in [5, 5.41) is 10.5. The lowest BCUT2D eigenvalue weighted by molar-refractivity contribution is -0.122. The molecule has 0 aliphatic heterocycles. The van der Waals surface area contributed by atoms with E-state index in [1.807, 2.05) is 60.8 Å². The van der Waals surface area contributed by atoms with Crippen LogP contribution in [0.1, 0.15) is 16.9 Å². The Kier molecular flexibility index (Phi) is 7.17. The van der Waals surface area contributed by atoms with E-state index >= 15 is 0 Å². The summed E-state index contributed by atoms with van der Waals surface area (Å²) in [4.78, 5) is 28.6. The predicted octanol–water partition coefficient (Wildman–Crippen LogP) is 3.36. The number of aromatic amines is 1. The number of aromatic nitrogens is 1. The molecule has 2 aromatic carbocycles. The fraction of sp³-hybridized carbons (Fsp3) is 0.160. The van der Waals surface area contributed by atoms with Crippen molar-refractivity contribution >= 4 is 29.1 Å². The Labute approximate surface area is 191 Å². The summed E-state index contributed by atoms with van der Waals surface area (Å²) in [5.41, 5.74) is 5.42. The van der Waals surface area contributed by atoms with Crippen LogP contribution in [-0.4, -0.2) is 35.7 Å². The zero-order chi connectivity index (χ0) is 22.9. The van der Waals surface area contributed by atoms with Crippen LogP contribution in [0.4, 0.5) is 4.79 Å². The quantitative estimate of drug-likeness (QED) is 0.235. The minimum Gasteiger partial charge on any atom is -0.463 e. The molecule has 1 unspecified atom stereocenters. The van der Waals surface area contributed by atoms with Gasteiger partial charge in [-0.3, -0.25) is 4.79 Å². The lowest BCUT2D eigenvalue weighted by Crippen LogP contribution is -2.50. The maximum absolute atomic E-state index is 13.0. The second-order valence-electron chi connectivity index (χ2n) is 7.50. The standard InChI is InChI=1S/C25H25N5O3/c31-24(26-13-12-18-7-2-1-3-8-18)23(15-19-16-27-22-11-5-4-10-21(19)22)29-25(32)30-28-17-20-9-6-14-33-20/h1-11,14,16-17,23,27H,12-13,15H2,(H,26,31)(H2,29,30,32)/b28-17+. The van der Waals surface area contributed by atoms with Gasteiger partial charge < -0.3 is 20.0 Å². The first-order valence-corrected chi connectivity index (χ1v) is 10.7. The van der Waals surface area contributed by atoms with Gasteiger partial charge in [0.15, 0.2) is 0 Å². The highest BCUT2D eigenvalue weighted by Crippen LogP contribution is 2.19. The molecule has 0 spiro atoms. The number of nitrogens with one attached hydrogen (secondary N) is 4. The number of nitrogens with zero attached hydrogens (tertiary/aromatic N) is 1. The van der Waals surface area contributed by atoms with Crippen LogP contribution in [-0.2, 0) is 17.6 Å². The van der Waals surface area contributed by atoms with E-state index in [2.05, 4.69) is 26.1 Å². The maximum atomic E-state index is 13.0. The number of H-pyrrole nitrogens is 1. The molecule has 0 fully saturated rings. The summed E-state index contributed by atoms with van der Waals surface area (Å²) in [6.07, 6.45) is 5.79. The summed E-state index contributed by atoms with van der Waals surface area (Å²) in [7, 11) is 0. The third kappa shape index (κ3) is 6.10. The fourth-order valence-electron chi connectivity index (χ4n) is 3.54. The highest BCUT2D eigenvalue weighted by atomic mass is 16.3. The summed E-state index contributed by atoms with van der Waals surface area (Å²) in [5.74, 6) is 0.241. The molecular formula is C25H25N5O3. The van der Waals surface area contributed by atoms with Crippen molar-refractivity contribution in [3.63, 3.8) is 0 Å². The predicted molar refractivity (Wildman–Crippen MR) is 127 cm³/mol. The van der Waals surface area contributed by atoms with Crippen LogP contribution in [0.3, 0.4) is 0 Å². The van der Waals surface area contributed by atoms with Crippen molar-refractivity contribution < 1.29 is 14.0 Å². The summed E-state index contributed by atoms with van der Waals surface area (Å²) in [6.45, 7) is 0.465. The molecule has 2 aromatic heterocycles. The van der Waals surface area contributed by atoms with Gasteiger partial charge in [0.2, 0.25) is 5.91 Å². The van der Waals surface area contributed by atoms with E-state index in [1.54, 1.807) is 12.1 Å². The van der Waals surface area contributed by atoms with E-state index in [9.17, 15) is 9.59 Å². The van der Waals surface area contributed by atoms with Crippen LogP contribution >= 0.6 is 0 Å². The molecule has 8 nitrogen and oxygen atoms in total. The Hall–Kier alpha value is -4.33. The first-order chi connectivity index (χ1) is 16.2. The number of hydrogen-bond donors (Lipinski definition) is 4. The van der Waals surface area contributed by atoms with Crippen molar-refractivity contribution in [3.8, 4) is 0 Å². The van der Waals surface area contributed by atoms with Gasteiger partial charge in [0.05, 0.1) is 12.5 Å². The van der Waals surface area contributed by atoms with Crippen molar-refractivity contribution in [2.45, 2.75) is 18.9 Å². The van der Waals surface area contributed by atoms with Crippen LogP contribution < -0.4 is 16.1 Å². The normalized spacial score (nSPS) is 12.0. The highest BCUT2D eigenvalue weighted by molar-refractivity contribution is 5.89. The topological polar surface area (TPSA) is 112 Å². The van der Waals surface area contributed by atoms with Crippen molar-refractivity contribution in [2.75, 3.05) is 6.54 Å². The zero-order valence-corrected chi connectivity index (χ0v) is 18.0. The van der Waals surface area contributed by atoms with Gasteiger partial charge in [-0.05, 0) is 35.7 Å². The van der Waals surface area contributed by atoms with Gasteiger partial charge in [0.25, 0.3) is 0 Å². The molecular weight excluding hydrogens is 418 g/mol. The Morgan fingerprint density at radius 2 is 1.85 bits per heavy atom. The van der Waals surface area contributed by atoms with E-state index in [1.165, 1.54) is 12.5 Å². The van der Waals surface area contributed by atoms with Crippen molar-refractivity contribution in [1.29, 1.82) is 0 Å². The summed E-state index contributed by atoms with van der Waals surface area (Å²) >= 11 is 0. The van der Waals surface area contributed by atoms with Crippen LogP contribution in [0.5, 0.6) is 0 Å². The van der Waals surface area contributed by atoms with E-state index < -0.39 is 12.1 Å². The van der Waals surface area contributed by atoms with Gasteiger partial charge in [-0.15, -0.1) is 0 Å². The van der Waals surface area contributed by atoms with Crippen molar-refractivity contribution in [1.82, 2.24) is 21.0 Å². The molecule has 168 valence electrons. The number of hydrogen-bond acceptors (Lipinski definition) is 4. The van der Waals surface area contributed by atoms with Crippen LogP contribution in [0.15, 0.2) is 88.7 Å². The molecule has 4 aromatic rings.